The lowest BCUT2D eigenvalue weighted by Crippen LogP contribution is -2.19. The summed E-state index contributed by atoms with van der Waals surface area (Å²) in [6.45, 7) is 1.62. The van der Waals surface area contributed by atoms with E-state index in [9.17, 15) is 4.79 Å². The number of hydrazone groups is 1. The van der Waals surface area contributed by atoms with Gasteiger partial charge in [0.05, 0.1) is 19.0 Å². The second-order valence-electron chi connectivity index (χ2n) is 4.56. The summed E-state index contributed by atoms with van der Waals surface area (Å²) in [7, 11) is 1.59. The Labute approximate surface area is 127 Å². The molecule has 0 fully saturated rings. The number of aliphatic hydroxyl groups is 1. The highest BCUT2D eigenvalue weighted by molar-refractivity contribution is 5.83. The summed E-state index contributed by atoms with van der Waals surface area (Å²) in [5, 5.41) is 13.0. The number of aromatic amines is 1. The standard InChI is InChI=1S/C15H18N4O3/c1-10-12(7-8-20)14(21)18-15(17-10)19-16-9-11-5-3-4-6-13(11)22-2/h3-6,9,20H,7-8H2,1-2H3,(H2,17,18,19,21)/b16-9-. The van der Waals surface area contributed by atoms with Crippen LogP contribution in [0.15, 0.2) is 34.2 Å². The fourth-order valence-electron chi connectivity index (χ4n) is 2.01. The number of methoxy groups -OCH3 is 1. The van der Waals surface area contributed by atoms with Crippen LogP contribution in [0.1, 0.15) is 16.8 Å². The molecule has 116 valence electrons. The van der Waals surface area contributed by atoms with Gasteiger partial charge in [-0.3, -0.25) is 9.78 Å². The number of aliphatic hydroxyl groups excluding tert-OH is 1. The molecule has 7 nitrogen and oxygen atoms in total. The Hall–Kier alpha value is -2.67. The van der Waals surface area contributed by atoms with Crippen molar-refractivity contribution < 1.29 is 9.84 Å². The second-order valence-corrected chi connectivity index (χ2v) is 4.56. The minimum atomic E-state index is -0.281. The lowest BCUT2D eigenvalue weighted by atomic mass is 10.2. The van der Waals surface area contributed by atoms with Crippen molar-refractivity contribution in [3.8, 4) is 5.75 Å². The third-order valence-electron chi connectivity index (χ3n) is 3.10. The van der Waals surface area contributed by atoms with Crippen molar-refractivity contribution in [1.29, 1.82) is 0 Å². The molecule has 0 saturated carbocycles. The van der Waals surface area contributed by atoms with Crippen LogP contribution in [-0.4, -0.2) is 35.0 Å². The van der Waals surface area contributed by atoms with E-state index in [0.29, 0.717) is 17.0 Å². The van der Waals surface area contributed by atoms with Crippen molar-refractivity contribution >= 4 is 12.2 Å². The average molecular weight is 302 g/mol. The minimum Gasteiger partial charge on any atom is -0.496 e. The Kier molecular flexibility index (Phi) is 5.26. The lowest BCUT2D eigenvalue weighted by Gasteiger charge is -2.06. The molecular formula is C15H18N4O3. The number of rotatable bonds is 6. The van der Waals surface area contributed by atoms with Crippen LogP contribution in [0, 0.1) is 6.92 Å². The maximum absolute atomic E-state index is 11.9. The molecule has 0 bridgehead atoms. The Morgan fingerprint density at radius 1 is 1.45 bits per heavy atom. The van der Waals surface area contributed by atoms with E-state index < -0.39 is 0 Å². The Morgan fingerprint density at radius 3 is 2.91 bits per heavy atom. The van der Waals surface area contributed by atoms with Crippen LogP contribution in [0.5, 0.6) is 5.75 Å². The number of benzene rings is 1. The third kappa shape index (κ3) is 3.70. The summed E-state index contributed by atoms with van der Waals surface area (Å²) < 4.78 is 5.21. The average Bonchev–Trinajstić information content (AvgIpc) is 2.51. The molecule has 7 heteroatoms. The van der Waals surface area contributed by atoms with Crippen molar-refractivity contribution in [3.05, 3.63) is 51.4 Å². The van der Waals surface area contributed by atoms with E-state index in [0.717, 1.165) is 5.56 Å². The molecule has 3 N–H and O–H groups in total. The summed E-state index contributed by atoms with van der Waals surface area (Å²) in [5.74, 6) is 0.944. The molecule has 0 aliphatic rings. The van der Waals surface area contributed by atoms with E-state index in [2.05, 4.69) is 20.5 Å². The summed E-state index contributed by atoms with van der Waals surface area (Å²) in [4.78, 5) is 18.7. The van der Waals surface area contributed by atoms with E-state index in [-0.39, 0.29) is 24.5 Å². The number of hydrogen-bond acceptors (Lipinski definition) is 6. The highest BCUT2D eigenvalue weighted by Crippen LogP contribution is 2.14. The van der Waals surface area contributed by atoms with E-state index in [1.54, 1.807) is 20.2 Å². The fourth-order valence-corrected chi connectivity index (χ4v) is 2.01. The molecule has 0 aliphatic heterocycles. The van der Waals surface area contributed by atoms with Gasteiger partial charge >= 0.3 is 0 Å². The molecule has 0 atom stereocenters. The van der Waals surface area contributed by atoms with Crippen molar-refractivity contribution in [2.24, 2.45) is 5.10 Å². The first-order chi connectivity index (χ1) is 10.7. The first-order valence-corrected chi connectivity index (χ1v) is 6.78. The minimum absolute atomic E-state index is 0.0929. The van der Waals surface area contributed by atoms with Crippen LogP contribution in [0.2, 0.25) is 0 Å². The molecule has 1 aromatic heterocycles. The summed E-state index contributed by atoms with van der Waals surface area (Å²) in [6, 6.07) is 7.43. The van der Waals surface area contributed by atoms with Crippen molar-refractivity contribution in [1.82, 2.24) is 9.97 Å². The Morgan fingerprint density at radius 2 is 2.23 bits per heavy atom. The van der Waals surface area contributed by atoms with E-state index >= 15 is 0 Å². The molecule has 0 saturated heterocycles. The predicted molar refractivity (Wildman–Crippen MR) is 84.6 cm³/mol. The predicted octanol–water partition coefficient (Wildman–Crippen LogP) is 1.07. The van der Waals surface area contributed by atoms with Gasteiger partial charge in [0.1, 0.15) is 5.75 Å². The number of hydrogen-bond donors (Lipinski definition) is 3. The van der Waals surface area contributed by atoms with E-state index in [1.165, 1.54) is 0 Å². The monoisotopic (exact) mass is 302 g/mol. The first kappa shape index (κ1) is 15.7. The maximum Gasteiger partial charge on any atom is 0.255 e. The molecule has 2 rings (SSSR count). The maximum atomic E-state index is 11.9. The van der Waals surface area contributed by atoms with Crippen LogP contribution in [0.25, 0.3) is 0 Å². The van der Waals surface area contributed by atoms with Gasteiger partial charge in [-0.2, -0.15) is 5.10 Å². The molecule has 0 unspecified atom stereocenters. The summed E-state index contributed by atoms with van der Waals surface area (Å²) in [6.07, 6.45) is 1.86. The van der Waals surface area contributed by atoms with Gasteiger partial charge in [0.25, 0.3) is 5.56 Å². The highest BCUT2D eigenvalue weighted by atomic mass is 16.5. The molecule has 0 amide bonds. The molecule has 22 heavy (non-hydrogen) atoms. The molecule has 1 heterocycles. The largest absolute Gasteiger partial charge is 0.496 e. The zero-order chi connectivity index (χ0) is 15.9. The van der Waals surface area contributed by atoms with Crippen molar-refractivity contribution in [2.45, 2.75) is 13.3 Å². The third-order valence-corrected chi connectivity index (χ3v) is 3.10. The van der Waals surface area contributed by atoms with Gasteiger partial charge < -0.3 is 9.84 Å². The van der Waals surface area contributed by atoms with Crippen LogP contribution < -0.4 is 15.7 Å². The number of ether oxygens (including phenoxy) is 1. The fraction of sp³-hybridized carbons (Fsp3) is 0.267. The lowest BCUT2D eigenvalue weighted by molar-refractivity contribution is 0.298. The zero-order valence-corrected chi connectivity index (χ0v) is 12.5. The quantitative estimate of drug-likeness (QED) is 0.547. The number of nitrogens with zero attached hydrogens (tertiary/aromatic N) is 2. The Bertz CT molecular complexity index is 725. The van der Waals surface area contributed by atoms with Gasteiger partial charge in [-0.25, -0.2) is 10.4 Å². The van der Waals surface area contributed by atoms with Gasteiger partial charge in [0.15, 0.2) is 0 Å². The molecule has 1 aromatic carbocycles. The van der Waals surface area contributed by atoms with E-state index in [4.69, 9.17) is 9.84 Å². The topological polar surface area (TPSA) is 99.6 Å². The number of para-hydroxylation sites is 1. The van der Waals surface area contributed by atoms with E-state index in [1.807, 2.05) is 24.3 Å². The number of anilines is 1. The molecule has 0 spiro atoms. The van der Waals surface area contributed by atoms with Gasteiger partial charge in [-0.05, 0) is 19.1 Å². The molecule has 2 aromatic rings. The number of nitrogens with one attached hydrogen (secondary N) is 2. The van der Waals surface area contributed by atoms with Gasteiger partial charge in [0.2, 0.25) is 5.95 Å². The molecule has 0 aliphatic carbocycles. The van der Waals surface area contributed by atoms with Crippen LogP contribution in [-0.2, 0) is 6.42 Å². The first-order valence-electron chi connectivity index (χ1n) is 6.78. The zero-order valence-electron chi connectivity index (χ0n) is 12.5. The van der Waals surface area contributed by atoms with Crippen molar-refractivity contribution in [3.63, 3.8) is 0 Å². The number of H-pyrrole nitrogens is 1. The molecule has 0 radical (unpaired) electrons. The smallest absolute Gasteiger partial charge is 0.255 e. The highest BCUT2D eigenvalue weighted by Gasteiger charge is 2.07. The van der Waals surface area contributed by atoms with Crippen LogP contribution in [0.3, 0.4) is 0 Å². The molecular weight excluding hydrogens is 284 g/mol. The summed E-state index contributed by atoms with van der Waals surface area (Å²) >= 11 is 0. The SMILES string of the molecule is COc1ccccc1/C=N\Nc1nc(C)c(CCO)c(=O)[nH]1. The van der Waals surface area contributed by atoms with Crippen molar-refractivity contribution in [2.75, 3.05) is 19.1 Å². The Balaban J connectivity index is 2.15. The second kappa shape index (κ2) is 7.37. The normalized spacial score (nSPS) is 10.9. The van der Waals surface area contributed by atoms with Gasteiger partial charge in [-0.15, -0.1) is 0 Å². The van der Waals surface area contributed by atoms with Gasteiger partial charge in [0, 0.05) is 24.2 Å². The number of aromatic nitrogens is 2. The van der Waals surface area contributed by atoms with Crippen LogP contribution >= 0.6 is 0 Å². The van der Waals surface area contributed by atoms with Gasteiger partial charge in [-0.1, -0.05) is 12.1 Å². The number of aryl methyl sites for hydroxylation is 1. The van der Waals surface area contributed by atoms with Crippen LogP contribution in [0.4, 0.5) is 5.95 Å². The summed E-state index contributed by atoms with van der Waals surface area (Å²) in [5.41, 5.74) is 4.24.